The van der Waals surface area contributed by atoms with Gasteiger partial charge in [-0.25, -0.2) is 0 Å². The van der Waals surface area contributed by atoms with E-state index < -0.39 is 23.2 Å². The van der Waals surface area contributed by atoms with Crippen molar-refractivity contribution in [2.24, 2.45) is 0 Å². The molecule has 5 rings (SSSR count). The Bertz CT molecular complexity index is 1500. The van der Waals surface area contributed by atoms with E-state index in [0.717, 1.165) is 29.8 Å². The number of para-hydroxylation sites is 1. The fourth-order valence-electron chi connectivity index (χ4n) is 4.69. The summed E-state index contributed by atoms with van der Waals surface area (Å²) in [5, 5.41) is 3.34. The molecule has 1 fully saturated rings. The molecular weight excluding hydrogens is 495 g/mol. The minimum Gasteiger partial charge on any atom is -0.374 e. The molecule has 0 aliphatic carbocycles. The van der Waals surface area contributed by atoms with Crippen molar-refractivity contribution < 1.29 is 22.7 Å². The van der Waals surface area contributed by atoms with Crippen molar-refractivity contribution in [3.8, 4) is 5.69 Å². The maximum atomic E-state index is 13.5. The van der Waals surface area contributed by atoms with E-state index in [4.69, 9.17) is 4.74 Å². The van der Waals surface area contributed by atoms with Crippen molar-refractivity contribution in [2.45, 2.75) is 18.8 Å². The first-order valence-corrected chi connectivity index (χ1v) is 12.3. The molecule has 6 nitrogen and oxygen atoms in total. The number of halogens is 3. The number of carbonyl (C=O) groups excluding carboxylic acids is 1. The molecule has 3 aromatic carbocycles. The lowest BCUT2D eigenvalue weighted by atomic mass is 10.1. The number of morpholine rings is 1. The number of amides is 1. The fraction of sp³-hybridized carbons (Fsp3) is 0.241. The number of carbonyl (C=O) groups is 1. The van der Waals surface area contributed by atoms with Crippen LogP contribution in [0.3, 0.4) is 0 Å². The number of ether oxygens (including phenoxy) is 1. The third-order valence-electron chi connectivity index (χ3n) is 6.55. The molecule has 1 saturated heterocycles. The average molecular weight is 522 g/mol. The van der Waals surface area contributed by atoms with Gasteiger partial charge in [-0.2, -0.15) is 13.2 Å². The van der Waals surface area contributed by atoms with Crippen molar-refractivity contribution in [2.75, 3.05) is 26.2 Å². The summed E-state index contributed by atoms with van der Waals surface area (Å²) in [6.45, 7) is 2.86. The van der Waals surface area contributed by atoms with Crippen LogP contribution >= 0.6 is 0 Å². The van der Waals surface area contributed by atoms with Crippen molar-refractivity contribution in [1.82, 2.24) is 14.8 Å². The number of benzene rings is 3. The van der Waals surface area contributed by atoms with Crippen LogP contribution in [0.1, 0.15) is 21.5 Å². The van der Waals surface area contributed by atoms with E-state index in [9.17, 15) is 22.8 Å². The van der Waals surface area contributed by atoms with Crippen molar-refractivity contribution in [3.63, 3.8) is 0 Å². The molecule has 1 N–H and O–H groups in total. The summed E-state index contributed by atoms with van der Waals surface area (Å²) in [5.41, 5.74) is -0.115. The van der Waals surface area contributed by atoms with Gasteiger partial charge >= 0.3 is 6.18 Å². The van der Waals surface area contributed by atoms with Crippen molar-refractivity contribution in [3.05, 3.63) is 112 Å². The smallest absolute Gasteiger partial charge is 0.374 e. The molecular formula is C29H26F3N3O3. The monoisotopic (exact) mass is 521 g/mol. The molecule has 1 aliphatic heterocycles. The summed E-state index contributed by atoms with van der Waals surface area (Å²) in [6.07, 6.45) is -4.83. The standard InChI is InChI=1S/C29H26F3N3O3/c30-29(31,32)22-10-6-11-23(16-22)35-26-12-5-4-9-21(26)15-25(28(35)37)27(36)33-17-24-19-34(13-14-38-24)18-20-7-2-1-3-8-20/h1-12,15-16,24H,13-14,17-19H2,(H,33,36). The van der Waals surface area contributed by atoms with Gasteiger partial charge in [-0.1, -0.05) is 54.6 Å². The molecule has 1 aromatic heterocycles. The zero-order valence-electron chi connectivity index (χ0n) is 20.4. The first-order chi connectivity index (χ1) is 18.3. The van der Waals surface area contributed by atoms with Gasteiger partial charge in [-0.3, -0.25) is 19.1 Å². The predicted molar refractivity (Wildman–Crippen MR) is 138 cm³/mol. The number of hydrogen-bond donors (Lipinski definition) is 1. The highest BCUT2D eigenvalue weighted by atomic mass is 19.4. The molecule has 2 heterocycles. The fourth-order valence-corrected chi connectivity index (χ4v) is 4.69. The van der Waals surface area contributed by atoms with E-state index in [1.165, 1.54) is 23.8 Å². The summed E-state index contributed by atoms with van der Waals surface area (Å²) < 4.78 is 47.1. The lowest BCUT2D eigenvalue weighted by Crippen LogP contribution is -2.47. The van der Waals surface area contributed by atoms with Gasteiger partial charge in [0.1, 0.15) is 5.56 Å². The Morgan fingerprint density at radius 2 is 1.74 bits per heavy atom. The summed E-state index contributed by atoms with van der Waals surface area (Å²) in [7, 11) is 0. The van der Waals surface area contributed by atoms with Crippen LogP contribution in [-0.4, -0.2) is 47.7 Å². The Hall–Kier alpha value is -3.95. The Morgan fingerprint density at radius 1 is 0.974 bits per heavy atom. The largest absolute Gasteiger partial charge is 0.416 e. The van der Waals surface area contributed by atoms with Crippen LogP contribution < -0.4 is 10.9 Å². The van der Waals surface area contributed by atoms with E-state index in [1.54, 1.807) is 24.3 Å². The number of rotatable bonds is 6. The lowest BCUT2D eigenvalue weighted by molar-refractivity contribution is -0.137. The Morgan fingerprint density at radius 3 is 2.53 bits per heavy atom. The van der Waals surface area contributed by atoms with Gasteiger partial charge in [0, 0.05) is 31.9 Å². The van der Waals surface area contributed by atoms with E-state index in [-0.39, 0.29) is 23.9 Å². The molecule has 1 amide bonds. The van der Waals surface area contributed by atoms with Crippen LogP contribution in [0.25, 0.3) is 16.6 Å². The first kappa shape index (κ1) is 25.7. The number of fused-ring (bicyclic) bond motifs is 1. The molecule has 0 saturated carbocycles. The molecule has 196 valence electrons. The number of hydrogen-bond acceptors (Lipinski definition) is 4. The van der Waals surface area contributed by atoms with Gasteiger partial charge in [0.15, 0.2) is 0 Å². The van der Waals surface area contributed by atoms with Crippen LogP contribution in [0.5, 0.6) is 0 Å². The minimum atomic E-state index is -4.57. The van der Waals surface area contributed by atoms with Gasteiger partial charge in [-0.15, -0.1) is 0 Å². The van der Waals surface area contributed by atoms with Crippen LogP contribution in [0.15, 0.2) is 89.7 Å². The molecule has 9 heteroatoms. The molecule has 0 bridgehead atoms. The molecule has 1 unspecified atom stereocenters. The van der Waals surface area contributed by atoms with Gasteiger partial charge in [-0.05, 0) is 41.3 Å². The Kier molecular flexibility index (Phi) is 7.31. The average Bonchev–Trinajstić information content (AvgIpc) is 2.92. The van der Waals surface area contributed by atoms with E-state index >= 15 is 0 Å². The zero-order chi connectivity index (χ0) is 26.7. The van der Waals surface area contributed by atoms with Crippen molar-refractivity contribution in [1.29, 1.82) is 0 Å². The lowest BCUT2D eigenvalue weighted by Gasteiger charge is -2.33. The second-order valence-electron chi connectivity index (χ2n) is 9.23. The van der Waals surface area contributed by atoms with E-state index in [2.05, 4.69) is 22.3 Å². The number of aromatic nitrogens is 1. The predicted octanol–water partition coefficient (Wildman–Crippen LogP) is 4.64. The quantitative estimate of drug-likeness (QED) is 0.402. The Labute approximate surface area is 217 Å². The highest BCUT2D eigenvalue weighted by Gasteiger charge is 2.31. The van der Waals surface area contributed by atoms with Crippen LogP contribution in [-0.2, 0) is 17.5 Å². The van der Waals surface area contributed by atoms with E-state index in [0.29, 0.717) is 24.1 Å². The first-order valence-electron chi connectivity index (χ1n) is 12.3. The van der Waals surface area contributed by atoms with Crippen molar-refractivity contribution >= 4 is 16.8 Å². The molecule has 1 aliphatic rings. The third-order valence-corrected chi connectivity index (χ3v) is 6.55. The van der Waals surface area contributed by atoms with Gasteiger partial charge in [0.2, 0.25) is 0 Å². The molecule has 0 spiro atoms. The van der Waals surface area contributed by atoms with Crippen LogP contribution in [0, 0.1) is 0 Å². The Balaban J connectivity index is 1.38. The molecule has 1 atom stereocenters. The van der Waals surface area contributed by atoms with E-state index in [1.807, 2.05) is 18.2 Å². The number of nitrogens with one attached hydrogen (secondary N) is 1. The zero-order valence-corrected chi connectivity index (χ0v) is 20.4. The second-order valence-corrected chi connectivity index (χ2v) is 9.23. The van der Waals surface area contributed by atoms with Crippen LogP contribution in [0.4, 0.5) is 13.2 Å². The van der Waals surface area contributed by atoms with Crippen LogP contribution in [0.2, 0.25) is 0 Å². The summed E-state index contributed by atoms with van der Waals surface area (Å²) in [5.74, 6) is -0.606. The highest BCUT2D eigenvalue weighted by molar-refractivity contribution is 5.97. The maximum absolute atomic E-state index is 13.5. The number of nitrogens with zero attached hydrogens (tertiary/aromatic N) is 2. The molecule has 4 aromatic rings. The normalized spacial score (nSPS) is 16.4. The second kappa shape index (κ2) is 10.8. The SMILES string of the molecule is O=C(NCC1CN(Cc2ccccc2)CCO1)c1cc2ccccc2n(-c2cccc(C(F)(F)F)c2)c1=O. The number of alkyl halides is 3. The summed E-state index contributed by atoms with van der Waals surface area (Å²) >= 11 is 0. The highest BCUT2D eigenvalue weighted by Crippen LogP contribution is 2.30. The molecule has 0 radical (unpaired) electrons. The minimum absolute atomic E-state index is 0.0304. The summed E-state index contributed by atoms with van der Waals surface area (Å²) in [4.78, 5) is 28.9. The molecule has 38 heavy (non-hydrogen) atoms. The van der Waals surface area contributed by atoms with Gasteiger partial charge < -0.3 is 10.1 Å². The number of pyridine rings is 1. The van der Waals surface area contributed by atoms with Gasteiger partial charge in [0.05, 0.1) is 23.8 Å². The maximum Gasteiger partial charge on any atom is 0.416 e. The third kappa shape index (κ3) is 5.64. The summed E-state index contributed by atoms with van der Waals surface area (Å²) in [6, 6.07) is 22.8. The topological polar surface area (TPSA) is 63.6 Å². The van der Waals surface area contributed by atoms with Gasteiger partial charge in [0.25, 0.3) is 11.5 Å².